The van der Waals surface area contributed by atoms with Gasteiger partial charge in [0.1, 0.15) is 17.2 Å². The fourth-order valence-corrected chi connectivity index (χ4v) is 3.43. The van der Waals surface area contributed by atoms with Gasteiger partial charge in [0.2, 0.25) is 5.95 Å². The Morgan fingerprint density at radius 1 is 1.03 bits per heavy atom. The summed E-state index contributed by atoms with van der Waals surface area (Å²) in [5.74, 6) is 1.37. The zero-order valence-electron chi connectivity index (χ0n) is 19.3. The van der Waals surface area contributed by atoms with Crippen LogP contribution in [0.3, 0.4) is 0 Å². The quantitative estimate of drug-likeness (QED) is 0.402. The van der Waals surface area contributed by atoms with Crippen molar-refractivity contribution in [3.8, 4) is 11.5 Å². The van der Waals surface area contributed by atoms with Gasteiger partial charge in [-0.2, -0.15) is 0 Å². The van der Waals surface area contributed by atoms with Crippen LogP contribution in [-0.2, 0) is 17.3 Å². The number of fused-ring (bicyclic) bond motifs is 1. The van der Waals surface area contributed by atoms with E-state index in [-0.39, 0.29) is 11.1 Å². The van der Waals surface area contributed by atoms with Crippen LogP contribution in [0.15, 0.2) is 60.8 Å². The van der Waals surface area contributed by atoms with Crippen LogP contribution in [-0.4, -0.2) is 27.6 Å². The monoisotopic (exact) mass is 445 g/mol. The highest BCUT2D eigenvalue weighted by molar-refractivity contribution is 5.91. The first kappa shape index (κ1) is 22.3. The number of hydroxylamine groups is 1. The van der Waals surface area contributed by atoms with E-state index >= 15 is 0 Å². The van der Waals surface area contributed by atoms with Crippen molar-refractivity contribution in [1.82, 2.24) is 20.0 Å². The number of benzene rings is 2. The van der Waals surface area contributed by atoms with Gasteiger partial charge in [0.05, 0.1) is 18.1 Å². The Balaban J connectivity index is 1.58. The van der Waals surface area contributed by atoms with Gasteiger partial charge in [-0.3, -0.25) is 14.6 Å². The molecule has 0 fully saturated rings. The summed E-state index contributed by atoms with van der Waals surface area (Å²) in [7, 11) is 3.33. The molecular formula is C25H27N5O3. The Hall–Kier alpha value is -3.91. The third-order valence-electron chi connectivity index (χ3n) is 5.23. The lowest BCUT2D eigenvalue weighted by Crippen LogP contribution is -2.22. The number of amides is 1. The number of carbonyl (C=O) groups excluding carboxylic acids is 1. The van der Waals surface area contributed by atoms with Crippen molar-refractivity contribution in [1.29, 1.82) is 0 Å². The molecule has 4 rings (SSSR count). The molecule has 2 aromatic carbocycles. The molecule has 33 heavy (non-hydrogen) atoms. The molecule has 1 amide bonds. The van der Waals surface area contributed by atoms with Crippen molar-refractivity contribution in [2.75, 3.05) is 12.4 Å². The minimum Gasteiger partial charge on any atom is -0.457 e. The first-order chi connectivity index (χ1) is 15.7. The smallest absolute Gasteiger partial charge is 0.293 e. The van der Waals surface area contributed by atoms with Gasteiger partial charge in [-0.15, -0.1) is 0 Å². The van der Waals surface area contributed by atoms with E-state index in [9.17, 15) is 4.79 Å². The lowest BCUT2D eigenvalue weighted by atomic mass is 9.87. The number of imidazole rings is 1. The summed E-state index contributed by atoms with van der Waals surface area (Å²) in [6.07, 6.45) is 1.51. The van der Waals surface area contributed by atoms with Gasteiger partial charge in [0.25, 0.3) is 5.91 Å². The van der Waals surface area contributed by atoms with E-state index in [1.54, 1.807) is 12.1 Å². The summed E-state index contributed by atoms with van der Waals surface area (Å²) < 4.78 is 7.95. The molecule has 0 aliphatic carbocycles. The number of aryl methyl sites for hydroxylation is 1. The molecule has 170 valence electrons. The predicted molar refractivity (Wildman–Crippen MR) is 128 cm³/mol. The number of hydrogen-bond donors (Lipinski definition) is 2. The number of rotatable bonds is 6. The molecule has 0 bridgehead atoms. The third-order valence-corrected chi connectivity index (χ3v) is 5.23. The third kappa shape index (κ3) is 4.96. The van der Waals surface area contributed by atoms with Crippen LogP contribution in [0, 0.1) is 0 Å². The minimum atomic E-state index is -0.450. The summed E-state index contributed by atoms with van der Waals surface area (Å²) in [6.45, 7) is 6.58. The summed E-state index contributed by atoms with van der Waals surface area (Å²) >= 11 is 0. The molecule has 2 N–H and O–H groups in total. The van der Waals surface area contributed by atoms with E-state index in [2.05, 4.69) is 53.5 Å². The second kappa shape index (κ2) is 8.91. The maximum Gasteiger partial charge on any atom is 0.293 e. The average Bonchev–Trinajstić information content (AvgIpc) is 3.08. The first-order valence-corrected chi connectivity index (χ1v) is 10.6. The molecule has 0 aliphatic rings. The number of ether oxygens (including phenoxy) is 1. The number of nitrogens with zero attached hydrogens (tertiary/aromatic N) is 3. The summed E-state index contributed by atoms with van der Waals surface area (Å²) in [5, 5.41) is 3.42. The Morgan fingerprint density at radius 3 is 2.58 bits per heavy atom. The molecule has 8 heteroatoms. The second-order valence-corrected chi connectivity index (χ2v) is 8.71. The molecule has 0 saturated heterocycles. The molecule has 2 aromatic heterocycles. The van der Waals surface area contributed by atoms with Gasteiger partial charge in [0.15, 0.2) is 0 Å². The molecule has 0 atom stereocenters. The number of aromatic nitrogens is 3. The summed E-state index contributed by atoms with van der Waals surface area (Å²) in [5.41, 5.74) is 6.48. The van der Waals surface area contributed by atoms with Gasteiger partial charge in [-0.1, -0.05) is 32.9 Å². The van der Waals surface area contributed by atoms with E-state index in [1.165, 1.54) is 18.9 Å². The molecule has 0 unspecified atom stereocenters. The van der Waals surface area contributed by atoms with E-state index in [1.807, 2.05) is 41.9 Å². The highest BCUT2D eigenvalue weighted by Gasteiger charge is 2.15. The van der Waals surface area contributed by atoms with Crippen molar-refractivity contribution in [2.24, 2.45) is 7.05 Å². The number of pyridine rings is 1. The van der Waals surface area contributed by atoms with Crippen molar-refractivity contribution in [2.45, 2.75) is 26.2 Å². The maximum atomic E-state index is 11.9. The van der Waals surface area contributed by atoms with Crippen LogP contribution in [0.2, 0.25) is 0 Å². The molecule has 0 spiro atoms. The van der Waals surface area contributed by atoms with Crippen LogP contribution in [0.1, 0.15) is 36.8 Å². The maximum absolute atomic E-state index is 11.9. The molecule has 8 nitrogen and oxygen atoms in total. The zero-order chi connectivity index (χ0) is 23.6. The number of nitrogens with one attached hydrogen (secondary N) is 2. The molecule has 2 heterocycles. The van der Waals surface area contributed by atoms with Gasteiger partial charge >= 0.3 is 0 Å². The van der Waals surface area contributed by atoms with Crippen molar-refractivity contribution in [3.05, 3.63) is 72.1 Å². The van der Waals surface area contributed by atoms with Crippen molar-refractivity contribution < 1.29 is 14.4 Å². The van der Waals surface area contributed by atoms with Gasteiger partial charge in [-0.05, 0) is 41.3 Å². The molecule has 0 aliphatic heterocycles. The van der Waals surface area contributed by atoms with Crippen LogP contribution in [0.4, 0.5) is 11.6 Å². The molecule has 4 aromatic rings. The standard InChI is InChI=1S/C25H27N5O3/c1-25(2,3)16-7-6-8-17(13-16)27-24-28-20-14-18(9-10-22(20)30(24)4)33-19-11-12-26-21(15-19)23(31)29-32-5/h6-15H,1-5H3,(H,27,28)(H,29,31). The number of anilines is 2. The lowest BCUT2D eigenvalue weighted by Gasteiger charge is -2.20. The lowest BCUT2D eigenvalue weighted by molar-refractivity contribution is 0.0532. The zero-order valence-corrected chi connectivity index (χ0v) is 19.3. The normalized spacial score (nSPS) is 11.4. The SMILES string of the molecule is CONC(=O)c1cc(Oc2ccc3c(c2)nc(Nc2cccc(C(C)(C)C)c2)n3C)ccn1. The van der Waals surface area contributed by atoms with Crippen LogP contribution >= 0.6 is 0 Å². The van der Waals surface area contributed by atoms with Crippen LogP contribution in [0.5, 0.6) is 11.5 Å². The predicted octanol–water partition coefficient (Wildman–Crippen LogP) is 5.09. The highest BCUT2D eigenvalue weighted by atomic mass is 16.6. The Labute approximate surface area is 192 Å². The van der Waals surface area contributed by atoms with Gasteiger partial charge in [-0.25, -0.2) is 10.5 Å². The minimum absolute atomic E-state index is 0.0628. The van der Waals surface area contributed by atoms with Gasteiger partial charge in [0, 0.05) is 31.1 Å². The molecule has 0 saturated carbocycles. The molecule has 0 radical (unpaired) electrons. The van der Waals surface area contributed by atoms with E-state index in [4.69, 9.17) is 9.72 Å². The highest BCUT2D eigenvalue weighted by Crippen LogP contribution is 2.29. The van der Waals surface area contributed by atoms with Crippen LogP contribution < -0.4 is 15.5 Å². The Kier molecular flexibility index (Phi) is 6.02. The van der Waals surface area contributed by atoms with E-state index < -0.39 is 5.91 Å². The Bertz CT molecular complexity index is 1310. The largest absolute Gasteiger partial charge is 0.457 e. The Morgan fingerprint density at radius 2 is 1.82 bits per heavy atom. The molecular weight excluding hydrogens is 418 g/mol. The summed E-state index contributed by atoms with van der Waals surface area (Å²) in [4.78, 5) is 25.3. The number of carbonyl (C=O) groups is 1. The fourth-order valence-electron chi connectivity index (χ4n) is 3.43. The number of hydrogen-bond acceptors (Lipinski definition) is 6. The first-order valence-electron chi connectivity index (χ1n) is 10.6. The summed E-state index contributed by atoms with van der Waals surface area (Å²) in [6, 6.07) is 17.3. The second-order valence-electron chi connectivity index (χ2n) is 8.71. The van der Waals surface area contributed by atoms with Crippen molar-refractivity contribution >= 4 is 28.6 Å². The van der Waals surface area contributed by atoms with Crippen LogP contribution in [0.25, 0.3) is 11.0 Å². The average molecular weight is 446 g/mol. The topological polar surface area (TPSA) is 90.3 Å². The van der Waals surface area contributed by atoms with E-state index in [0.717, 1.165) is 22.7 Å². The fraction of sp³-hybridized carbons (Fsp3) is 0.240. The van der Waals surface area contributed by atoms with Gasteiger partial charge < -0.3 is 14.6 Å². The van der Waals surface area contributed by atoms with E-state index in [0.29, 0.717) is 11.5 Å². The van der Waals surface area contributed by atoms with Crippen molar-refractivity contribution in [3.63, 3.8) is 0 Å².